The van der Waals surface area contributed by atoms with E-state index >= 15 is 0 Å². The highest BCUT2D eigenvalue weighted by Crippen LogP contribution is 2.35. The van der Waals surface area contributed by atoms with E-state index in [0.29, 0.717) is 11.6 Å². The zero-order valence-corrected chi connectivity index (χ0v) is 18.6. The van der Waals surface area contributed by atoms with Crippen molar-refractivity contribution in [1.82, 2.24) is 20.1 Å². The first-order valence-electron chi connectivity index (χ1n) is 11.2. The van der Waals surface area contributed by atoms with E-state index in [2.05, 4.69) is 26.2 Å². The van der Waals surface area contributed by atoms with Crippen LogP contribution in [0.1, 0.15) is 42.6 Å². The number of carbonyl (C=O) groups excluding carboxylic acids is 1. The topological polar surface area (TPSA) is 51.7 Å². The van der Waals surface area contributed by atoms with Crippen LogP contribution in [-0.2, 0) is 6.54 Å². The second-order valence-electron chi connectivity index (χ2n) is 8.78. The Bertz CT molecular complexity index is 928. The van der Waals surface area contributed by atoms with Crippen LogP contribution in [0, 0.1) is 5.82 Å². The molecule has 7 heteroatoms. The average molecular weight is 426 g/mol. The first-order chi connectivity index (χ1) is 15.0. The Morgan fingerprint density at radius 2 is 1.97 bits per heavy atom. The SMILES string of the molecule is CC(C)N(C)C(=O)c1cc(F)ccc1N1CCN(C2CCNCC2)Cc2ccncc21. The highest BCUT2D eigenvalue weighted by atomic mass is 19.1. The second-order valence-corrected chi connectivity index (χ2v) is 8.78. The highest BCUT2D eigenvalue weighted by molar-refractivity contribution is 6.00. The van der Waals surface area contributed by atoms with Crippen LogP contribution < -0.4 is 10.2 Å². The largest absolute Gasteiger partial charge is 0.339 e. The number of halogens is 1. The number of hydrogen-bond donors (Lipinski definition) is 1. The molecule has 1 saturated heterocycles. The van der Waals surface area contributed by atoms with Crippen LogP contribution in [0.25, 0.3) is 0 Å². The van der Waals surface area contributed by atoms with Gasteiger partial charge in [0.1, 0.15) is 5.82 Å². The molecule has 0 saturated carbocycles. The van der Waals surface area contributed by atoms with Crippen LogP contribution in [0.2, 0.25) is 0 Å². The van der Waals surface area contributed by atoms with Gasteiger partial charge in [-0.3, -0.25) is 14.7 Å². The number of hydrogen-bond acceptors (Lipinski definition) is 5. The predicted molar refractivity (Wildman–Crippen MR) is 121 cm³/mol. The van der Waals surface area contributed by atoms with Gasteiger partial charge in [-0.05, 0) is 69.6 Å². The number of carbonyl (C=O) groups is 1. The van der Waals surface area contributed by atoms with E-state index in [1.54, 1.807) is 18.0 Å². The van der Waals surface area contributed by atoms with Crippen molar-refractivity contribution in [3.63, 3.8) is 0 Å². The molecule has 1 amide bonds. The van der Waals surface area contributed by atoms with Crippen LogP contribution >= 0.6 is 0 Å². The van der Waals surface area contributed by atoms with Crippen molar-refractivity contribution < 1.29 is 9.18 Å². The number of rotatable bonds is 4. The van der Waals surface area contributed by atoms with Gasteiger partial charge in [-0.1, -0.05) is 0 Å². The molecule has 0 unspecified atom stereocenters. The Labute approximate surface area is 184 Å². The molecule has 1 N–H and O–H groups in total. The highest BCUT2D eigenvalue weighted by Gasteiger charge is 2.29. The lowest BCUT2D eigenvalue weighted by atomic mass is 10.0. The van der Waals surface area contributed by atoms with Gasteiger partial charge in [-0.25, -0.2) is 4.39 Å². The molecule has 3 heterocycles. The van der Waals surface area contributed by atoms with Gasteiger partial charge >= 0.3 is 0 Å². The van der Waals surface area contributed by atoms with Crippen LogP contribution in [0.15, 0.2) is 36.7 Å². The number of aromatic nitrogens is 1. The first kappa shape index (κ1) is 21.7. The fourth-order valence-corrected chi connectivity index (χ4v) is 4.51. The van der Waals surface area contributed by atoms with E-state index in [1.165, 1.54) is 17.7 Å². The summed E-state index contributed by atoms with van der Waals surface area (Å²) in [5.41, 5.74) is 3.30. The molecule has 31 heavy (non-hydrogen) atoms. The minimum atomic E-state index is -0.401. The molecule has 1 fully saturated rings. The molecule has 4 rings (SSSR count). The second kappa shape index (κ2) is 9.32. The van der Waals surface area contributed by atoms with E-state index in [1.807, 2.05) is 26.2 Å². The third-order valence-electron chi connectivity index (χ3n) is 6.56. The third kappa shape index (κ3) is 4.57. The Balaban J connectivity index is 1.72. The van der Waals surface area contributed by atoms with Gasteiger partial charge in [0, 0.05) is 45.0 Å². The Morgan fingerprint density at radius 3 is 2.71 bits per heavy atom. The summed E-state index contributed by atoms with van der Waals surface area (Å²) in [4.78, 5) is 23.9. The summed E-state index contributed by atoms with van der Waals surface area (Å²) in [7, 11) is 1.76. The van der Waals surface area contributed by atoms with Gasteiger partial charge in [0.2, 0.25) is 0 Å². The standard InChI is InChI=1S/C24H32FN5O/c1-17(2)28(3)24(31)21-14-19(25)4-5-22(21)30-13-12-29(20-7-10-26-11-8-20)16-18-6-9-27-15-23(18)30/h4-6,9,14-15,17,20,26H,7-8,10-13,16H2,1-3H3. The van der Waals surface area contributed by atoms with Crippen molar-refractivity contribution in [3.8, 4) is 0 Å². The minimum absolute atomic E-state index is 0.0251. The number of nitrogens with one attached hydrogen (secondary N) is 1. The summed E-state index contributed by atoms with van der Waals surface area (Å²) in [6, 6.07) is 7.16. The third-order valence-corrected chi connectivity index (χ3v) is 6.56. The molecular formula is C24H32FN5O. The maximum absolute atomic E-state index is 14.2. The maximum atomic E-state index is 14.2. The number of benzene rings is 1. The van der Waals surface area contributed by atoms with Gasteiger partial charge in [-0.15, -0.1) is 0 Å². The number of amides is 1. The van der Waals surface area contributed by atoms with Gasteiger partial charge in [0.25, 0.3) is 5.91 Å². The molecule has 2 aliphatic heterocycles. The van der Waals surface area contributed by atoms with Gasteiger partial charge in [-0.2, -0.15) is 0 Å². The van der Waals surface area contributed by atoms with Crippen molar-refractivity contribution in [3.05, 3.63) is 53.6 Å². The van der Waals surface area contributed by atoms with Crippen molar-refractivity contribution in [2.75, 3.05) is 38.1 Å². The van der Waals surface area contributed by atoms with Crippen molar-refractivity contribution in [1.29, 1.82) is 0 Å². The predicted octanol–water partition coefficient (Wildman–Crippen LogP) is 3.41. The number of nitrogens with zero attached hydrogens (tertiary/aromatic N) is 4. The molecule has 1 aromatic heterocycles. The monoisotopic (exact) mass is 425 g/mol. The Morgan fingerprint density at radius 1 is 1.19 bits per heavy atom. The first-order valence-corrected chi connectivity index (χ1v) is 11.2. The summed E-state index contributed by atoms with van der Waals surface area (Å²) in [5, 5.41) is 3.44. The Kier molecular flexibility index (Phi) is 6.53. The van der Waals surface area contributed by atoms with E-state index in [4.69, 9.17) is 0 Å². The van der Waals surface area contributed by atoms with Crippen LogP contribution in [0.4, 0.5) is 15.8 Å². The lowest BCUT2D eigenvalue weighted by Gasteiger charge is -2.34. The number of anilines is 2. The van der Waals surface area contributed by atoms with E-state index in [-0.39, 0.29) is 11.9 Å². The lowest BCUT2D eigenvalue weighted by Crippen LogP contribution is -2.44. The molecular weight excluding hydrogens is 393 g/mol. The van der Waals surface area contributed by atoms with Crippen LogP contribution in [0.5, 0.6) is 0 Å². The summed E-state index contributed by atoms with van der Waals surface area (Å²) in [6.07, 6.45) is 5.97. The molecule has 1 aromatic carbocycles. The molecule has 0 atom stereocenters. The van der Waals surface area contributed by atoms with E-state index in [9.17, 15) is 9.18 Å². The summed E-state index contributed by atoms with van der Waals surface area (Å²) in [6.45, 7) is 8.47. The molecule has 6 nitrogen and oxygen atoms in total. The zero-order chi connectivity index (χ0) is 22.0. The normalized spacial score (nSPS) is 18.0. The maximum Gasteiger partial charge on any atom is 0.256 e. The molecule has 0 bridgehead atoms. The van der Waals surface area contributed by atoms with Crippen LogP contribution in [-0.4, -0.2) is 66.0 Å². The molecule has 2 aromatic rings. The van der Waals surface area contributed by atoms with Gasteiger partial charge < -0.3 is 15.1 Å². The number of pyridine rings is 1. The quantitative estimate of drug-likeness (QED) is 0.814. The fourth-order valence-electron chi connectivity index (χ4n) is 4.51. The summed E-state index contributed by atoms with van der Waals surface area (Å²) >= 11 is 0. The lowest BCUT2D eigenvalue weighted by molar-refractivity contribution is 0.0755. The van der Waals surface area contributed by atoms with Gasteiger partial charge in [0.05, 0.1) is 23.1 Å². The molecule has 0 aliphatic carbocycles. The van der Waals surface area contributed by atoms with Crippen molar-refractivity contribution >= 4 is 17.3 Å². The fraction of sp³-hybridized carbons (Fsp3) is 0.500. The van der Waals surface area contributed by atoms with Crippen LogP contribution in [0.3, 0.4) is 0 Å². The molecule has 0 radical (unpaired) electrons. The molecule has 166 valence electrons. The smallest absolute Gasteiger partial charge is 0.256 e. The number of piperidine rings is 1. The van der Waals surface area contributed by atoms with E-state index < -0.39 is 5.82 Å². The van der Waals surface area contributed by atoms with Gasteiger partial charge in [0.15, 0.2) is 0 Å². The molecule has 0 spiro atoms. The zero-order valence-electron chi connectivity index (χ0n) is 18.6. The van der Waals surface area contributed by atoms with E-state index in [0.717, 1.165) is 56.9 Å². The van der Waals surface area contributed by atoms with Crippen molar-refractivity contribution in [2.24, 2.45) is 0 Å². The summed E-state index contributed by atoms with van der Waals surface area (Å²) < 4.78 is 14.2. The number of fused-ring (bicyclic) bond motifs is 1. The molecule has 2 aliphatic rings. The van der Waals surface area contributed by atoms with Crippen molar-refractivity contribution in [2.45, 2.75) is 45.3 Å². The minimum Gasteiger partial charge on any atom is -0.339 e. The summed E-state index contributed by atoms with van der Waals surface area (Å²) in [5.74, 6) is -0.573. The Hall–Kier alpha value is -2.51. The average Bonchev–Trinajstić information content (AvgIpc) is 2.98.